The lowest BCUT2D eigenvalue weighted by atomic mass is 10.2. The van der Waals surface area contributed by atoms with E-state index in [1.165, 1.54) is 19.2 Å². The van der Waals surface area contributed by atoms with E-state index in [0.717, 1.165) is 5.76 Å². The van der Waals surface area contributed by atoms with Crippen LogP contribution in [0.25, 0.3) is 22.4 Å². The molecule has 0 aliphatic carbocycles. The summed E-state index contributed by atoms with van der Waals surface area (Å²) in [5, 5.41) is 0.529. The summed E-state index contributed by atoms with van der Waals surface area (Å²) < 4.78 is 25.9. The van der Waals surface area contributed by atoms with Crippen molar-refractivity contribution in [2.24, 2.45) is 0 Å². The maximum Gasteiger partial charge on any atom is 0.357 e. The summed E-state index contributed by atoms with van der Waals surface area (Å²) in [6.45, 7) is 0.419. The molecule has 0 radical (unpaired) electrons. The van der Waals surface area contributed by atoms with Crippen LogP contribution in [0.3, 0.4) is 0 Å². The van der Waals surface area contributed by atoms with Crippen LogP contribution < -0.4 is 0 Å². The third kappa shape index (κ3) is 3.17. The summed E-state index contributed by atoms with van der Waals surface area (Å²) in [7, 11) is 1.28. The first-order valence-electron chi connectivity index (χ1n) is 8.00. The fraction of sp³-hybridized carbons (Fsp3) is 0.105. The highest BCUT2D eigenvalue weighted by molar-refractivity contribution is 6.30. The van der Waals surface area contributed by atoms with Gasteiger partial charge in [-0.3, -0.25) is 0 Å². The van der Waals surface area contributed by atoms with Crippen LogP contribution in [0.15, 0.2) is 53.3 Å². The molecule has 0 spiro atoms. The minimum atomic E-state index is -0.603. The van der Waals surface area contributed by atoms with Crippen LogP contribution in [0.5, 0.6) is 0 Å². The molecule has 3 aromatic heterocycles. The van der Waals surface area contributed by atoms with Crippen LogP contribution in [-0.2, 0) is 11.3 Å². The minimum absolute atomic E-state index is 0.00536. The predicted molar refractivity (Wildman–Crippen MR) is 97.1 cm³/mol. The molecule has 0 amide bonds. The molecule has 0 bridgehead atoms. The van der Waals surface area contributed by atoms with Crippen LogP contribution in [0.4, 0.5) is 4.39 Å². The van der Waals surface area contributed by atoms with Gasteiger partial charge in [0.05, 0.1) is 30.3 Å². The Hall–Kier alpha value is -3.19. The van der Waals surface area contributed by atoms with Crippen LogP contribution >= 0.6 is 11.6 Å². The molecule has 6 nitrogen and oxygen atoms in total. The number of rotatable bonds is 4. The molecule has 0 fully saturated rings. The number of halogens is 2. The molecule has 27 heavy (non-hydrogen) atoms. The van der Waals surface area contributed by atoms with Gasteiger partial charge < -0.3 is 13.7 Å². The maximum absolute atomic E-state index is 13.9. The topological polar surface area (TPSA) is 70.2 Å². The zero-order valence-electron chi connectivity index (χ0n) is 14.1. The van der Waals surface area contributed by atoms with Gasteiger partial charge in [0.2, 0.25) is 0 Å². The number of hydrogen-bond acceptors (Lipinski definition) is 5. The molecular weight excluding hydrogens is 373 g/mol. The van der Waals surface area contributed by atoms with E-state index < -0.39 is 11.8 Å². The smallest absolute Gasteiger partial charge is 0.357 e. The van der Waals surface area contributed by atoms with Crippen molar-refractivity contribution in [1.82, 2.24) is 14.5 Å². The van der Waals surface area contributed by atoms with Crippen molar-refractivity contribution in [3.05, 3.63) is 71.2 Å². The van der Waals surface area contributed by atoms with Crippen LogP contribution in [0, 0.1) is 5.82 Å². The monoisotopic (exact) mass is 385 g/mol. The number of ether oxygens (including phenoxy) is 1. The Morgan fingerprint density at radius 1 is 1.30 bits per heavy atom. The van der Waals surface area contributed by atoms with Crippen molar-refractivity contribution >= 4 is 28.6 Å². The van der Waals surface area contributed by atoms with E-state index in [1.54, 1.807) is 30.7 Å². The quantitative estimate of drug-likeness (QED) is 0.489. The van der Waals surface area contributed by atoms with E-state index in [-0.39, 0.29) is 16.5 Å². The Morgan fingerprint density at radius 2 is 2.15 bits per heavy atom. The van der Waals surface area contributed by atoms with Crippen molar-refractivity contribution in [2.75, 3.05) is 7.11 Å². The van der Waals surface area contributed by atoms with Gasteiger partial charge in [-0.15, -0.1) is 0 Å². The standard InChI is InChI=1S/C19H13ClFN3O3/c1-26-19(25)16-13-6-7-24(10-12-3-2-8-27-12)18(13)23-17(22-16)11-4-5-14(20)15(21)9-11/h2-9H,10H2,1H3. The molecule has 4 aromatic rings. The summed E-state index contributed by atoms with van der Waals surface area (Å²) in [4.78, 5) is 21.0. The molecule has 0 atom stereocenters. The van der Waals surface area contributed by atoms with Gasteiger partial charge in [0.15, 0.2) is 11.5 Å². The molecule has 136 valence electrons. The molecule has 8 heteroatoms. The number of hydrogen-bond donors (Lipinski definition) is 0. The zero-order valence-corrected chi connectivity index (χ0v) is 14.9. The highest BCUT2D eigenvalue weighted by Crippen LogP contribution is 2.26. The summed E-state index contributed by atoms with van der Waals surface area (Å²) in [5.41, 5.74) is 1.01. The van der Waals surface area contributed by atoms with Gasteiger partial charge in [0.1, 0.15) is 17.2 Å². The summed E-state index contributed by atoms with van der Waals surface area (Å²) in [6, 6.07) is 9.59. The molecule has 0 N–H and O–H groups in total. The van der Waals surface area contributed by atoms with Crippen molar-refractivity contribution in [3.8, 4) is 11.4 Å². The number of furan rings is 1. The van der Waals surface area contributed by atoms with Crippen LogP contribution in [0.1, 0.15) is 16.2 Å². The molecule has 0 unspecified atom stereocenters. The number of methoxy groups -OCH3 is 1. The third-order valence-electron chi connectivity index (χ3n) is 4.08. The second kappa shape index (κ2) is 6.85. The summed E-state index contributed by atoms with van der Waals surface area (Å²) in [5.74, 6) is -0.278. The highest BCUT2D eigenvalue weighted by atomic mass is 35.5. The van der Waals surface area contributed by atoms with Crippen LogP contribution in [0.2, 0.25) is 5.02 Å². The van der Waals surface area contributed by atoms with Gasteiger partial charge in [0.25, 0.3) is 0 Å². The predicted octanol–water partition coefficient (Wildman–Crippen LogP) is 4.32. The summed E-state index contributed by atoms with van der Waals surface area (Å²) in [6.07, 6.45) is 3.36. The van der Waals surface area contributed by atoms with Crippen LogP contribution in [-0.4, -0.2) is 27.6 Å². The number of carbonyl (C=O) groups excluding carboxylic acids is 1. The Kier molecular flexibility index (Phi) is 4.37. The lowest BCUT2D eigenvalue weighted by molar-refractivity contribution is 0.0596. The first-order valence-corrected chi connectivity index (χ1v) is 8.37. The van der Waals surface area contributed by atoms with E-state index in [0.29, 0.717) is 23.1 Å². The van der Waals surface area contributed by atoms with Crippen molar-refractivity contribution in [2.45, 2.75) is 6.54 Å². The number of fused-ring (bicyclic) bond motifs is 1. The minimum Gasteiger partial charge on any atom is -0.467 e. The lowest BCUT2D eigenvalue weighted by Crippen LogP contribution is -2.08. The van der Waals surface area contributed by atoms with Crippen molar-refractivity contribution < 1.29 is 18.3 Å². The Morgan fingerprint density at radius 3 is 2.85 bits per heavy atom. The van der Waals surface area contributed by atoms with E-state index in [1.807, 2.05) is 10.6 Å². The molecule has 0 aliphatic heterocycles. The molecule has 1 aromatic carbocycles. The van der Waals surface area contributed by atoms with Gasteiger partial charge in [-0.2, -0.15) is 0 Å². The zero-order chi connectivity index (χ0) is 19.0. The van der Waals surface area contributed by atoms with Gasteiger partial charge >= 0.3 is 5.97 Å². The number of aromatic nitrogens is 3. The fourth-order valence-corrected chi connectivity index (χ4v) is 2.90. The third-order valence-corrected chi connectivity index (χ3v) is 4.39. The van der Waals surface area contributed by atoms with Gasteiger partial charge in [0, 0.05) is 11.8 Å². The van der Waals surface area contributed by atoms with Gasteiger partial charge in [-0.05, 0) is 36.4 Å². The Balaban J connectivity index is 1.91. The normalized spacial score (nSPS) is 11.1. The van der Waals surface area contributed by atoms with E-state index in [9.17, 15) is 9.18 Å². The summed E-state index contributed by atoms with van der Waals surface area (Å²) >= 11 is 5.75. The molecule has 0 aliphatic rings. The molecule has 0 saturated carbocycles. The highest BCUT2D eigenvalue weighted by Gasteiger charge is 2.19. The van der Waals surface area contributed by atoms with Crippen molar-refractivity contribution in [1.29, 1.82) is 0 Å². The number of esters is 1. The number of benzene rings is 1. The average Bonchev–Trinajstić information content (AvgIpc) is 3.33. The first kappa shape index (κ1) is 17.2. The Labute approximate surface area is 158 Å². The second-order valence-electron chi connectivity index (χ2n) is 5.78. The fourth-order valence-electron chi connectivity index (χ4n) is 2.78. The largest absolute Gasteiger partial charge is 0.467 e. The molecule has 3 heterocycles. The molecular formula is C19H13ClFN3O3. The van der Waals surface area contributed by atoms with E-state index in [4.69, 9.17) is 20.8 Å². The second-order valence-corrected chi connectivity index (χ2v) is 6.18. The maximum atomic E-state index is 13.9. The average molecular weight is 386 g/mol. The van der Waals surface area contributed by atoms with Gasteiger partial charge in [-0.25, -0.2) is 19.2 Å². The molecule has 4 rings (SSSR count). The first-order chi connectivity index (χ1) is 13.1. The Bertz CT molecular complexity index is 1140. The van der Waals surface area contributed by atoms with E-state index in [2.05, 4.69) is 9.97 Å². The SMILES string of the molecule is COC(=O)c1nc(-c2ccc(Cl)c(F)c2)nc2c1ccn2Cc1ccco1. The van der Waals surface area contributed by atoms with Gasteiger partial charge in [-0.1, -0.05) is 11.6 Å². The van der Waals surface area contributed by atoms with Crippen molar-refractivity contribution in [3.63, 3.8) is 0 Å². The number of nitrogens with zero attached hydrogens (tertiary/aromatic N) is 3. The lowest BCUT2D eigenvalue weighted by Gasteiger charge is -2.08. The number of carbonyl (C=O) groups is 1. The van der Waals surface area contributed by atoms with E-state index >= 15 is 0 Å². The molecule has 0 saturated heterocycles.